The topological polar surface area (TPSA) is 35.9 Å². The first-order valence-corrected chi connectivity index (χ1v) is 10.4. The Morgan fingerprint density at radius 3 is 1.67 bits per heavy atom. The van der Waals surface area contributed by atoms with E-state index < -0.39 is 6.10 Å². The van der Waals surface area contributed by atoms with Crippen LogP contribution in [0.25, 0.3) is 0 Å². The van der Waals surface area contributed by atoms with E-state index in [0.717, 1.165) is 25.4 Å². The van der Waals surface area contributed by atoms with Crippen molar-refractivity contribution in [3.8, 4) is 5.75 Å². The van der Waals surface area contributed by atoms with Crippen LogP contribution < -0.4 is 4.74 Å². The van der Waals surface area contributed by atoms with Gasteiger partial charge in [-0.15, -0.1) is 0 Å². The van der Waals surface area contributed by atoms with Crippen molar-refractivity contribution in [1.29, 1.82) is 0 Å². The maximum absolute atomic E-state index is 10.3. The van der Waals surface area contributed by atoms with Gasteiger partial charge in [0.05, 0.1) is 0 Å². The minimum absolute atomic E-state index is 0.284. The summed E-state index contributed by atoms with van der Waals surface area (Å²) in [6.45, 7) is 3.45. The van der Waals surface area contributed by atoms with Crippen LogP contribution in [0.15, 0.2) is 84.9 Å². The summed E-state index contributed by atoms with van der Waals surface area (Å²) in [7, 11) is 4.14. The van der Waals surface area contributed by atoms with Crippen molar-refractivity contribution in [2.24, 2.45) is 0 Å². The first-order valence-electron chi connectivity index (χ1n) is 10.4. The van der Waals surface area contributed by atoms with Gasteiger partial charge in [-0.3, -0.25) is 9.80 Å². The fourth-order valence-corrected chi connectivity index (χ4v) is 3.52. The zero-order chi connectivity index (χ0) is 21.2. The van der Waals surface area contributed by atoms with Gasteiger partial charge in [-0.25, -0.2) is 0 Å². The molecule has 158 valence electrons. The number of aliphatic hydroxyl groups is 1. The van der Waals surface area contributed by atoms with Crippen molar-refractivity contribution in [3.05, 3.63) is 102 Å². The Balaban J connectivity index is 1.39. The molecule has 0 radical (unpaired) electrons. The lowest BCUT2D eigenvalue weighted by molar-refractivity contribution is 0.0744. The second-order valence-electron chi connectivity index (χ2n) is 7.95. The molecule has 0 fully saturated rings. The average Bonchev–Trinajstić information content (AvgIpc) is 2.74. The molecule has 0 aromatic heterocycles. The molecule has 1 N–H and O–H groups in total. The molecule has 0 saturated carbocycles. The zero-order valence-electron chi connectivity index (χ0n) is 17.9. The van der Waals surface area contributed by atoms with Crippen molar-refractivity contribution < 1.29 is 9.84 Å². The molecule has 3 aromatic rings. The Kier molecular flexibility index (Phi) is 8.45. The molecular formula is C26H32N2O2. The summed E-state index contributed by atoms with van der Waals surface area (Å²) in [5.41, 5.74) is 3.79. The van der Waals surface area contributed by atoms with Crippen molar-refractivity contribution in [2.75, 3.05) is 27.2 Å². The highest BCUT2D eigenvalue weighted by Crippen LogP contribution is 2.15. The highest BCUT2D eigenvalue weighted by molar-refractivity contribution is 5.27. The van der Waals surface area contributed by atoms with E-state index in [1.54, 1.807) is 0 Å². The van der Waals surface area contributed by atoms with Gasteiger partial charge in [0, 0.05) is 26.2 Å². The highest BCUT2D eigenvalue weighted by atomic mass is 16.5. The molecule has 4 heteroatoms. The monoisotopic (exact) mass is 404 g/mol. The second-order valence-corrected chi connectivity index (χ2v) is 7.95. The molecule has 0 unspecified atom stereocenters. The summed E-state index contributed by atoms with van der Waals surface area (Å²) in [5, 5.41) is 10.3. The SMILES string of the molecule is CN(Cc1ccccc1)Cc1ccc(OC[C@@H](O)CN(C)Cc2ccccc2)cc1. The molecule has 0 amide bonds. The quantitative estimate of drug-likeness (QED) is 0.520. The van der Waals surface area contributed by atoms with Crippen LogP contribution in [0.5, 0.6) is 5.75 Å². The van der Waals surface area contributed by atoms with E-state index in [2.05, 4.69) is 65.4 Å². The predicted octanol–water partition coefficient (Wildman–Crippen LogP) is 4.19. The maximum atomic E-state index is 10.3. The minimum Gasteiger partial charge on any atom is -0.491 e. The van der Waals surface area contributed by atoms with Gasteiger partial charge < -0.3 is 9.84 Å². The Morgan fingerprint density at radius 1 is 0.667 bits per heavy atom. The third kappa shape index (κ3) is 7.64. The van der Waals surface area contributed by atoms with Gasteiger partial charge in [-0.1, -0.05) is 72.8 Å². The minimum atomic E-state index is -0.532. The van der Waals surface area contributed by atoms with Crippen LogP contribution >= 0.6 is 0 Å². The number of rotatable bonds is 11. The van der Waals surface area contributed by atoms with Crippen LogP contribution in [0.1, 0.15) is 16.7 Å². The summed E-state index contributed by atoms with van der Waals surface area (Å²) >= 11 is 0. The van der Waals surface area contributed by atoms with Gasteiger partial charge >= 0.3 is 0 Å². The fourth-order valence-electron chi connectivity index (χ4n) is 3.52. The Bertz CT molecular complexity index is 853. The third-order valence-corrected chi connectivity index (χ3v) is 4.93. The van der Waals surface area contributed by atoms with E-state index in [9.17, 15) is 5.11 Å². The van der Waals surface area contributed by atoms with Gasteiger partial charge in [0.15, 0.2) is 0 Å². The number of hydrogen-bond acceptors (Lipinski definition) is 4. The van der Waals surface area contributed by atoms with Gasteiger partial charge in [0.25, 0.3) is 0 Å². The van der Waals surface area contributed by atoms with Crippen molar-refractivity contribution >= 4 is 0 Å². The van der Waals surface area contributed by atoms with Crippen LogP contribution in [0.4, 0.5) is 0 Å². The zero-order valence-corrected chi connectivity index (χ0v) is 17.9. The van der Waals surface area contributed by atoms with Crippen LogP contribution in [0.3, 0.4) is 0 Å². The number of hydrogen-bond donors (Lipinski definition) is 1. The van der Waals surface area contributed by atoms with E-state index in [-0.39, 0.29) is 6.61 Å². The predicted molar refractivity (Wildman–Crippen MR) is 122 cm³/mol. The smallest absolute Gasteiger partial charge is 0.119 e. The molecule has 0 spiro atoms. The average molecular weight is 405 g/mol. The molecule has 0 bridgehead atoms. The molecule has 0 aliphatic heterocycles. The number of nitrogens with zero attached hydrogens (tertiary/aromatic N) is 2. The van der Waals surface area contributed by atoms with E-state index in [1.165, 1.54) is 16.7 Å². The summed E-state index contributed by atoms with van der Waals surface area (Å²) in [6, 6.07) is 28.9. The van der Waals surface area contributed by atoms with Gasteiger partial charge in [-0.2, -0.15) is 0 Å². The molecule has 3 rings (SSSR count). The van der Waals surface area contributed by atoms with E-state index in [4.69, 9.17) is 4.74 Å². The molecular weight excluding hydrogens is 372 g/mol. The van der Waals surface area contributed by atoms with Crippen LogP contribution in [-0.2, 0) is 19.6 Å². The van der Waals surface area contributed by atoms with Gasteiger partial charge in [0.1, 0.15) is 18.5 Å². The Labute approximate surface area is 180 Å². The van der Waals surface area contributed by atoms with Crippen molar-refractivity contribution in [1.82, 2.24) is 9.80 Å². The summed E-state index contributed by atoms with van der Waals surface area (Å²) < 4.78 is 5.78. The highest BCUT2D eigenvalue weighted by Gasteiger charge is 2.10. The van der Waals surface area contributed by atoms with Crippen molar-refractivity contribution in [2.45, 2.75) is 25.7 Å². The Hall–Kier alpha value is -2.66. The van der Waals surface area contributed by atoms with Crippen LogP contribution in [0.2, 0.25) is 0 Å². The van der Waals surface area contributed by atoms with Gasteiger partial charge in [-0.05, 0) is 42.9 Å². The maximum Gasteiger partial charge on any atom is 0.119 e. The largest absolute Gasteiger partial charge is 0.491 e. The molecule has 0 saturated heterocycles. The molecule has 1 atom stereocenters. The first kappa shape index (κ1) is 22.0. The summed E-state index contributed by atoms with van der Waals surface area (Å²) in [6.07, 6.45) is -0.532. The van der Waals surface area contributed by atoms with Gasteiger partial charge in [0.2, 0.25) is 0 Å². The molecule has 0 aliphatic rings. The number of ether oxygens (including phenoxy) is 1. The number of likely N-dealkylation sites (N-methyl/N-ethyl adjacent to an activating group) is 1. The summed E-state index contributed by atoms with van der Waals surface area (Å²) in [4.78, 5) is 4.40. The molecule has 3 aromatic carbocycles. The standard InChI is InChI=1S/C26H32N2O2/c1-27(17-22-9-5-3-6-10-22)19-24-13-15-26(16-14-24)30-21-25(29)20-28(2)18-23-11-7-4-8-12-23/h3-16,25,29H,17-21H2,1-2H3/t25-/m0/s1. The number of benzene rings is 3. The lowest BCUT2D eigenvalue weighted by atomic mass is 10.2. The first-order chi connectivity index (χ1) is 14.6. The lowest BCUT2D eigenvalue weighted by Crippen LogP contribution is -2.32. The molecule has 30 heavy (non-hydrogen) atoms. The lowest BCUT2D eigenvalue weighted by Gasteiger charge is -2.21. The Morgan fingerprint density at radius 2 is 1.13 bits per heavy atom. The van der Waals surface area contributed by atoms with Crippen LogP contribution in [-0.4, -0.2) is 48.3 Å². The second kappa shape index (κ2) is 11.5. The van der Waals surface area contributed by atoms with E-state index >= 15 is 0 Å². The van der Waals surface area contributed by atoms with Crippen LogP contribution in [0, 0.1) is 0 Å². The number of aliphatic hydroxyl groups excluding tert-OH is 1. The summed E-state index contributed by atoms with van der Waals surface area (Å²) in [5.74, 6) is 0.786. The third-order valence-electron chi connectivity index (χ3n) is 4.93. The van der Waals surface area contributed by atoms with E-state index in [0.29, 0.717) is 6.54 Å². The molecule has 0 aliphatic carbocycles. The normalized spacial score (nSPS) is 12.3. The van der Waals surface area contributed by atoms with Crippen molar-refractivity contribution in [3.63, 3.8) is 0 Å². The van der Waals surface area contributed by atoms with E-state index in [1.807, 2.05) is 43.4 Å². The molecule has 4 nitrogen and oxygen atoms in total. The molecule has 0 heterocycles. The fraction of sp³-hybridized carbons (Fsp3) is 0.308.